The first-order valence-corrected chi connectivity index (χ1v) is 7.88. The van der Waals surface area contributed by atoms with Gasteiger partial charge in [0.2, 0.25) is 5.91 Å². The SMILES string of the molecule is O=C(Cc1c[nH]c2ccccc12)N[C@H]1CCN(C2CC2)C1. The Bertz CT molecular complexity index is 659. The Balaban J connectivity index is 1.37. The number of nitrogens with zero attached hydrogens (tertiary/aromatic N) is 1. The van der Waals surface area contributed by atoms with Gasteiger partial charge in [-0.05, 0) is 30.9 Å². The van der Waals surface area contributed by atoms with Crippen molar-refractivity contribution in [3.63, 3.8) is 0 Å². The number of para-hydroxylation sites is 1. The van der Waals surface area contributed by atoms with Crippen molar-refractivity contribution < 1.29 is 4.79 Å². The zero-order valence-corrected chi connectivity index (χ0v) is 12.1. The van der Waals surface area contributed by atoms with Crippen LogP contribution in [0.5, 0.6) is 0 Å². The number of H-pyrrole nitrogens is 1. The zero-order valence-electron chi connectivity index (χ0n) is 12.1. The normalized spacial score (nSPS) is 22.8. The van der Waals surface area contributed by atoms with E-state index in [0.717, 1.165) is 42.0 Å². The van der Waals surface area contributed by atoms with E-state index >= 15 is 0 Å². The number of aromatic nitrogens is 1. The first-order chi connectivity index (χ1) is 10.3. The Morgan fingerprint density at radius 2 is 2.14 bits per heavy atom. The van der Waals surface area contributed by atoms with Crippen LogP contribution in [-0.2, 0) is 11.2 Å². The lowest BCUT2D eigenvalue weighted by atomic mass is 10.1. The lowest BCUT2D eigenvalue weighted by Crippen LogP contribution is -2.38. The summed E-state index contributed by atoms with van der Waals surface area (Å²) in [5.41, 5.74) is 2.18. The molecule has 4 rings (SSSR count). The molecule has 1 aromatic carbocycles. The molecule has 2 N–H and O–H groups in total. The van der Waals surface area contributed by atoms with Crippen molar-refractivity contribution in [2.45, 2.75) is 37.8 Å². The number of benzene rings is 1. The van der Waals surface area contributed by atoms with Gasteiger partial charge in [-0.1, -0.05) is 18.2 Å². The smallest absolute Gasteiger partial charge is 0.224 e. The van der Waals surface area contributed by atoms with Gasteiger partial charge in [0.25, 0.3) is 0 Å². The van der Waals surface area contributed by atoms with Crippen LogP contribution in [0.4, 0.5) is 0 Å². The summed E-state index contributed by atoms with van der Waals surface area (Å²) in [6.45, 7) is 2.17. The van der Waals surface area contributed by atoms with Gasteiger partial charge in [-0.2, -0.15) is 0 Å². The Morgan fingerprint density at radius 1 is 1.29 bits per heavy atom. The van der Waals surface area contributed by atoms with E-state index in [2.05, 4.69) is 21.3 Å². The minimum atomic E-state index is 0.141. The number of carbonyl (C=O) groups excluding carboxylic acids is 1. The van der Waals surface area contributed by atoms with Crippen molar-refractivity contribution in [2.24, 2.45) is 0 Å². The third-order valence-corrected chi connectivity index (χ3v) is 4.67. The molecule has 0 bridgehead atoms. The number of aromatic amines is 1. The number of amides is 1. The van der Waals surface area contributed by atoms with Crippen LogP contribution in [-0.4, -0.2) is 41.0 Å². The average Bonchev–Trinajstić information content (AvgIpc) is 3.12. The molecule has 1 atom stereocenters. The Hall–Kier alpha value is -1.81. The van der Waals surface area contributed by atoms with Crippen LogP contribution in [0.2, 0.25) is 0 Å². The highest BCUT2D eigenvalue weighted by atomic mass is 16.1. The Labute approximate surface area is 124 Å². The highest BCUT2D eigenvalue weighted by Crippen LogP contribution is 2.29. The molecule has 110 valence electrons. The molecule has 1 aromatic heterocycles. The molecular weight excluding hydrogens is 262 g/mol. The lowest BCUT2D eigenvalue weighted by Gasteiger charge is -2.15. The molecule has 2 aliphatic rings. The van der Waals surface area contributed by atoms with Crippen LogP contribution in [0.15, 0.2) is 30.5 Å². The fraction of sp³-hybridized carbons (Fsp3) is 0.471. The standard InChI is InChI=1S/C17H21N3O/c21-17(19-13-7-8-20(11-13)14-5-6-14)9-12-10-18-16-4-2-1-3-15(12)16/h1-4,10,13-14,18H,5-9,11H2,(H,19,21)/t13-/m0/s1. The summed E-state index contributed by atoms with van der Waals surface area (Å²) < 4.78 is 0. The van der Waals surface area contributed by atoms with Gasteiger partial charge in [0.05, 0.1) is 6.42 Å². The molecule has 4 nitrogen and oxygen atoms in total. The van der Waals surface area contributed by atoms with E-state index in [1.54, 1.807) is 0 Å². The van der Waals surface area contributed by atoms with Crippen molar-refractivity contribution in [1.29, 1.82) is 0 Å². The van der Waals surface area contributed by atoms with E-state index < -0.39 is 0 Å². The van der Waals surface area contributed by atoms with Gasteiger partial charge in [-0.15, -0.1) is 0 Å². The van der Waals surface area contributed by atoms with Crippen molar-refractivity contribution in [3.05, 3.63) is 36.0 Å². The summed E-state index contributed by atoms with van der Waals surface area (Å²) in [5, 5.41) is 4.35. The van der Waals surface area contributed by atoms with Gasteiger partial charge in [-0.25, -0.2) is 0 Å². The van der Waals surface area contributed by atoms with E-state index in [4.69, 9.17) is 0 Å². The third-order valence-electron chi connectivity index (χ3n) is 4.67. The Kier molecular flexibility index (Phi) is 3.19. The van der Waals surface area contributed by atoms with Crippen molar-refractivity contribution >= 4 is 16.8 Å². The van der Waals surface area contributed by atoms with Gasteiger partial charge in [-0.3, -0.25) is 9.69 Å². The predicted octanol–water partition coefficient (Wildman–Crippen LogP) is 2.06. The minimum Gasteiger partial charge on any atom is -0.361 e. The number of likely N-dealkylation sites (tertiary alicyclic amines) is 1. The summed E-state index contributed by atoms with van der Waals surface area (Å²) in [6.07, 6.45) is 6.20. The predicted molar refractivity (Wildman–Crippen MR) is 83.1 cm³/mol. The molecule has 0 spiro atoms. The largest absolute Gasteiger partial charge is 0.361 e. The third kappa shape index (κ3) is 2.68. The number of fused-ring (bicyclic) bond motifs is 1. The van der Waals surface area contributed by atoms with Crippen molar-refractivity contribution in [1.82, 2.24) is 15.2 Å². The Morgan fingerprint density at radius 3 is 3.00 bits per heavy atom. The molecule has 1 aliphatic heterocycles. The fourth-order valence-electron chi connectivity index (χ4n) is 3.41. The monoisotopic (exact) mass is 283 g/mol. The maximum Gasteiger partial charge on any atom is 0.224 e. The van der Waals surface area contributed by atoms with Crippen molar-refractivity contribution in [3.8, 4) is 0 Å². The molecule has 0 unspecified atom stereocenters. The van der Waals surface area contributed by atoms with Crippen LogP contribution in [0.25, 0.3) is 10.9 Å². The summed E-state index contributed by atoms with van der Waals surface area (Å²) >= 11 is 0. The molecule has 4 heteroatoms. The molecule has 2 heterocycles. The summed E-state index contributed by atoms with van der Waals surface area (Å²) in [5.74, 6) is 0.141. The number of hydrogen-bond donors (Lipinski definition) is 2. The van der Waals surface area contributed by atoms with Gasteiger partial charge < -0.3 is 10.3 Å². The summed E-state index contributed by atoms with van der Waals surface area (Å²) in [4.78, 5) is 18.0. The zero-order chi connectivity index (χ0) is 14.2. The first kappa shape index (κ1) is 12.9. The number of rotatable bonds is 4. The first-order valence-electron chi connectivity index (χ1n) is 7.88. The van der Waals surface area contributed by atoms with E-state index in [9.17, 15) is 4.79 Å². The molecule has 1 aliphatic carbocycles. The van der Waals surface area contributed by atoms with Gasteiger partial charge >= 0.3 is 0 Å². The molecule has 1 amide bonds. The summed E-state index contributed by atoms with van der Waals surface area (Å²) in [6, 6.07) is 9.28. The van der Waals surface area contributed by atoms with E-state index in [-0.39, 0.29) is 5.91 Å². The second-order valence-electron chi connectivity index (χ2n) is 6.32. The number of hydrogen-bond acceptors (Lipinski definition) is 2. The van der Waals surface area contributed by atoms with Crippen LogP contribution < -0.4 is 5.32 Å². The highest BCUT2D eigenvalue weighted by Gasteiger charge is 2.34. The quantitative estimate of drug-likeness (QED) is 0.902. The molecule has 2 fully saturated rings. The molecule has 1 saturated heterocycles. The minimum absolute atomic E-state index is 0.141. The lowest BCUT2D eigenvalue weighted by molar-refractivity contribution is -0.121. The fourth-order valence-corrected chi connectivity index (χ4v) is 3.41. The van der Waals surface area contributed by atoms with Gasteiger partial charge in [0.15, 0.2) is 0 Å². The molecule has 2 aromatic rings. The molecule has 0 radical (unpaired) electrons. The molecule has 21 heavy (non-hydrogen) atoms. The maximum absolute atomic E-state index is 12.3. The van der Waals surface area contributed by atoms with Crippen molar-refractivity contribution in [2.75, 3.05) is 13.1 Å². The maximum atomic E-state index is 12.3. The topological polar surface area (TPSA) is 48.1 Å². The molecule has 1 saturated carbocycles. The number of carbonyl (C=O) groups is 1. The van der Waals surface area contributed by atoms with Crippen LogP contribution in [0, 0.1) is 0 Å². The second-order valence-corrected chi connectivity index (χ2v) is 6.32. The van der Waals surface area contributed by atoms with Crippen LogP contribution >= 0.6 is 0 Å². The molecular formula is C17H21N3O. The second kappa shape index (κ2) is 5.19. The van der Waals surface area contributed by atoms with Gasteiger partial charge in [0, 0.05) is 42.3 Å². The average molecular weight is 283 g/mol. The highest BCUT2D eigenvalue weighted by molar-refractivity contribution is 5.88. The van der Waals surface area contributed by atoms with E-state index in [0.29, 0.717) is 12.5 Å². The summed E-state index contributed by atoms with van der Waals surface area (Å²) in [7, 11) is 0. The van der Waals surface area contributed by atoms with Gasteiger partial charge in [0.1, 0.15) is 0 Å². The number of nitrogens with one attached hydrogen (secondary N) is 2. The van der Waals surface area contributed by atoms with E-state index in [1.807, 2.05) is 24.4 Å². The van der Waals surface area contributed by atoms with Crippen LogP contribution in [0.1, 0.15) is 24.8 Å². The van der Waals surface area contributed by atoms with E-state index in [1.165, 1.54) is 12.8 Å². The van der Waals surface area contributed by atoms with Crippen LogP contribution in [0.3, 0.4) is 0 Å².